The normalized spacial score (nSPS) is 9.94. The first kappa shape index (κ1) is 11.6. The molecule has 0 radical (unpaired) electrons. The Morgan fingerprint density at radius 1 is 1.12 bits per heavy atom. The summed E-state index contributed by atoms with van der Waals surface area (Å²) in [6, 6.07) is 13.4. The molecule has 0 aliphatic heterocycles. The largest absolute Gasteiger partial charge is 0.450 e. The summed E-state index contributed by atoms with van der Waals surface area (Å²) in [6.07, 6.45) is 0. The lowest BCUT2D eigenvalue weighted by Gasteiger charge is -2.05. The van der Waals surface area contributed by atoms with Gasteiger partial charge in [-0.3, -0.25) is 10.1 Å². The molecule has 0 saturated carbocycles. The highest BCUT2D eigenvalue weighted by molar-refractivity contribution is 9.10. The Balaban J connectivity index is 2.33. The first-order chi connectivity index (χ1) is 8.16. The average Bonchev–Trinajstić information content (AvgIpc) is 2.29. The zero-order valence-electron chi connectivity index (χ0n) is 8.67. The molecule has 0 aliphatic rings. The van der Waals surface area contributed by atoms with Crippen LogP contribution in [-0.2, 0) is 0 Å². The fourth-order valence-electron chi connectivity index (χ4n) is 1.35. The molecule has 0 heterocycles. The van der Waals surface area contributed by atoms with Crippen LogP contribution >= 0.6 is 15.9 Å². The third kappa shape index (κ3) is 2.82. The topological polar surface area (TPSA) is 52.4 Å². The predicted molar refractivity (Wildman–Crippen MR) is 67.3 cm³/mol. The van der Waals surface area contributed by atoms with E-state index >= 15 is 0 Å². The van der Waals surface area contributed by atoms with Crippen LogP contribution in [0.15, 0.2) is 53.0 Å². The maximum absolute atomic E-state index is 10.8. The Labute approximate surface area is 106 Å². The maximum atomic E-state index is 10.8. The van der Waals surface area contributed by atoms with Crippen molar-refractivity contribution in [3.8, 4) is 11.5 Å². The minimum atomic E-state index is -0.465. The lowest BCUT2D eigenvalue weighted by Crippen LogP contribution is -1.92. The number of benzene rings is 2. The van der Waals surface area contributed by atoms with Crippen LogP contribution in [0.1, 0.15) is 0 Å². The molecule has 0 N–H and O–H groups in total. The quantitative estimate of drug-likeness (QED) is 0.631. The van der Waals surface area contributed by atoms with Crippen LogP contribution in [0.5, 0.6) is 11.5 Å². The molecule has 2 aromatic rings. The number of hydrogen-bond acceptors (Lipinski definition) is 3. The highest BCUT2D eigenvalue weighted by atomic mass is 79.9. The molecule has 0 unspecified atom stereocenters. The van der Waals surface area contributed by atoms with Crippen molar-refractivity contribution in [1.29, 1.82) is 0 Å². The number of nitrogens with zero attached hydrogens (tertiary/aromatic N) is 1. The highest BCUT2D eigenvalue weighted by Gasteiger charge is 2.14. The number of para-hydroxylation sites is 2. The molecule has 0 fully saturated rings. The van der Waals surface area contributed by atoms with Crippen LogP contribution in [0.3, 0.4) is 0 Å². The van der Waals surface area contributed by atoms with E-state index in [9.17, 15) is 10.1 Å². The molecule has 5 heteroatoms. The molecule has 0 saturated heterocycles. The van der Waals surface area contributed by atoms with Crippen LogP contribution in [-0.4, -0.2) is 4.92 Å². The van der Waals surface area contributed by atoms with Gasteiger partial charge in [-0.25, -0.2) is 0 Å². The van der Waals surface area contributed by atoms with Gasteiger partial charge in [-0.2, -0.15) is 0 Å². The predicted octanol–water partition coefficient (Wildman–Crippen LogP) is 4.15. The van der Waals surface area contributed by atoms with E-state index in [0.29, 0.717) is 5.75 Å². The molecule has 0 aromatic heterocycles. The van der Waals surface area contributed by atoms with Gasteiger partial charge in [0.2, 0.25) is 5.75 Å². The van der Waals surface area contributed by atoms with Crippen molar-refractivity contribution in [2.75, 3.05) is 0 Å². The SMILES string of the molecule is O=[N+]([O-])c1ccccc1Oc1cccc(Br)c1. The number of hydrogen-bond donors (Lipinski definition) is 0. The molecule has 0 amide bonds. The van der Waals surface area contributed by atoms with E-state index in [1.807, 2.05) is 6.07 Å². The highest BCUT2D eigenvalue weighted by Crippen LogP contribution is 2.31. The number of rotatable bonds is 3. The van der Waals surface area contributed by atoms with Gasteiger partial charge in [0.1, 0.15) is 5.75 Å². The van der Waals surface area contributed by atoms with Gasteiger partial charge in [-0.05, 0) is 24.3 Å². The zero-order chi connectivity index (χ0) is 12.3. The summed E-state index contributed by atoms with van der Waals surface area (Å²) in [6.45, 7) is 0. The Bertz CT molecular complexity index is 557. The minimum Gasteiger partial charge on any atom is -0.450 e. The first-order valence-electron chi connectivity index (χ1n) is 4.83. The van der Waals surface area contributed by atoms with Gasteiger partial charge in [-0.15, -0.1) is 0 Å². The number of halogens is 1. The van der Waals surface area contributed by atoms with Gasteiger partial charge < -0.3 is 4.74 Å². The van der Waals surface area contributed by atoms with E-state index in [1.165, 1.54) is 6.07 Å². The Morgan fingerprint density at radius 3 is 2.59 bits per heavy atom. The van der Waals surface area contributed by atoms with Crippen molar-refractivity contribution in [1.82, 2.24) is 0 Å². The van der Waals surface area contributed by atoms with Crippen molar-refractivity contribution in [3.63, 3.8) is 0 Å². The second kappa shape index (κ2) is 4.97. The molecular weight excluding hydrogens is 286 g/mol. The third-order valence-electron chi connectivity index (χ3n) is 2.09. The van der Waals surface area contributed by atoms with Gasteiger partial charge in [0.25, 0.3) is 0 Å². The summed E-state index contributed by atoms with van der Waals surface area (Å²) >= 11 is 3.31. The summed E-state index contributed by atoms with van der Waals surface area (Å²) < 4.78 is 6.34. The fourth-order valence-corrected chi connectivity index (χ4v) is 1.73. The molecule has 86 valence electrons. The van der Waals surface area contributed by atoms with E-state index in [0.717, 1.165) is 4.47 Å². The van der Waals surface area contributed by atoms with Gasteiger partial charge in [0, 0.05) is 10.5 Å². The first-order valence-corrected chi connectivity index (χ1v) is 5.63. The minimum absolute atomic E-state index is 0.0486. The summed E-state index contributed by atoms with van der Waals surface area (Å²) in [5.74, 6) is 0.782. The standard InChI is InChI=1S/C12H8BrNO3/c13-9-4-3-5-10(8-9)17-12-7-2-1-6-11(12)14(15)16/h1-8H. The molecule has 0 bridgehead atoms. The molecule has 2 aromatic carbocycles. The van der Waals surface area contributed by atoms with Crippen molar-refractivity contribution in [3.05, 3.63) is 63.1 Å². The van der Waals surface area contributed by atoms with Gasteiger partial charge >= 0.3 is 5.69 Å². The molecule has 2 rings (SSSR count). The van der Waals surface area contributed by atoms with E-state index in [1.54, 1.807) is 36.4 Å². The van der Waals surface area contributed by atoms with Gasteiger partial charge in [-0.1, -0.05) is 34.1 Å². The monoisotopic (exact) mass is 293 g/mol. The second-order valence-corrected chi connectivity index (χ2v) is 4.20. The smallest absolute Gasteiger partial charge is 0.311 e. The molecule has 0 spiro atoms. The second-order valence-electron chi connectivity index (χ2n) is 3.28. The van der Waals surface area contributed by atoms with E-state index in [2.05, 4.69) is 15.9 Å². The van der Waals surface area contributed by atoms with Crippen LogP contribution in [0, 0.1) is 10.1 Å². The molecule has 0 aliphatic carbocycles. The van der Waals surface area contributed by atoms with Crippen LogP contribution < -0.4 is 4.74 Å². The molecule has 17 heavy (non-hydrogen) atoms. The van der Waals surface area contributed by atoms with Crippen LogP contribution in [0.4, 0.5) is 5.69 Å². The summed E-state index contributed by atoms with van der Waals surface area (Å²) in [7, 11) is 0. The molecule has 4 nitrogen and oxygen atoms in total. The number of nitro benzene ring substituents is 1. The maximum Gasteiger partial charge on any atom is 0.311 e. The van der Waals surface area contributed by atoms with Crippen LogP contribution in [0.2, 0.25) is 0 Å². The molecular formula is C12H8BrNO3. The fraction of sp³-hybridized carbons (Fsp3) is 0. The van der Waals surface area contributed by atoms with Gasteiger partial charge in [0.15, 0.2) is 0 Å². The average molecular weight is 294 g/mol. The molecule has 0 atom stereocenters. The number of ether oxygens (including phenoxy) is 1. The number of nitro groups is 1. The lowest BCUT2D eigenvalue weighted by atomic mass is 10.3. The Hall–Kier alpha value is -1.88. The third-order valence-corrected chi connectivity index (χ3v) is 2.58. The Morgan fingerprint density at radius 2 is 1.88 bits per heavy atom. The summed E-state index contributed by atoms with van der Waals surface area (Å²) in [5.41, 5.74) is -0.0486. The van der Waals surface area contributed by atoms with E-state index in [-0.39, 0.29) is 11.4 Å². The van der Waals surface area contributed by atoms with Crippen molar-refractivity contribution < 1.29 is 9.66 Å². The Kier molecular flexibility index (Phi) is 3.39. The van der Waals surface area contributed by atoms with Crippen LogP contribution in [0.25, 0.3) is 0 Å². The lowest BCUT2D eigenvalue weighted by molar-refractivity contribution is -0.385. The zero-order valence-corrected chi connectivity index (χ0v) is 10.3. The van der Waals surface area contributed by atoms with E-state index < -0.39 is 4.92 Å². The van der Waals surface area contributed by atoms with E-state index in [4.69, 9.17) is 4.74 Å². The van der Waals surface area contributed by atoms with Crippen molar-refractivity contribution in [2.45, 2.75) is 0 Å². The van der Waals surface area contributed by atoms with Gasteiger partial charge in [0.05, 0.1) is 4.92 Å². The van der Waals surface area contributed by atoms with Crippen molar-refractivity contribution in [2.24, 2.45) is 0 Å². The summed E-state index contributed by atoms with van der Waals surface area (Å²) in [5, 5.41) is 10.8. The van der Waals surface area contributed by atoms with Crippen molar-refractivity contribution >= 4 is 21.6 Å². The summed E-state index contributed by atoms with van der Waals surface area (Å²) in [4.78, 5) is 10.3.